The van der Waals surface area contributed by atoms with Crippen LogP contribution in [0.5, 0.6) is 0 Å². The Morgan fingerprint density at radius 3 is 1.84 bits per heavy atom. The minimum atomic E-state index is -1.27. The van der Waals surface area contributed by atoms with Gasteiger partial charge in [0, 0.05) is 5.57 Å². The standard InChI is InChI=1S/C7H12O3.C5H6O4/c1-5(2)4-10-6(3)7(8)9;1-3(5(8)9)2-4(6)7/h6H,1,4H2,2-3H3,(H,8,9);1-2H2,(H,6,7)(H,8,9). The summed E-state index contributed by atoms with van der Waals surface area (Å²) in [5.74, 6) is -3.39. The molecule has 19 heavy (non-hydrogen) atoms. The Balaban J connectivity index is 0. The second kappa shape index (κ2) is 9.84. The van der Waals surface area contributed by atoms with Gasteiger partial charge in [-0.3, -0.25) is 4.79 Å². The first-order valence-corrected chi connectivity index (χ1v) is 5.19. The Labute approximate surface area is 110 Å². The van der Waals surface area contributed by atoms with Gasteiger partial charge in [-0.25, -0.2) is 9.59 Å². The van der Waals surface area contributed by atoms with Crippen molar-refractivity contribution in [3.8, 4) is 0 Å². The second-order valence-electron chi connectivity index (χ2n) is 3.73. The fourth-order valence-corrected chi connectivity index (χ4v) is 0.597. The molecule has 0 saturated carbocycles. The van der Waals surface area contributed by atoms with Crippen molar-refractivity contribution in [2.75, 3.05) is 6.61 Å². The van der Waals surface area contributed by atoms with Crippen LogP contribution in [-0.2, 0) is 19.1 Å². The highest BCUT2D eigenvalue weighted by molar-refractivity contribution is 5.91. The van der Waals surface area contributed by atoms with Gasteiger partial charge in [-0.05, 0) is 13.8 Å². The van der Waals surface area contributed by atoms with E-state index in [1.165, 1.54) is 6.92 Å². The summed E-state index contributed by atoms with van der Waals surface area (Å²) in [6, 6.07) is 0. The molecule has 0 aliphatic heterocycles. The Morgan fingerprint density at radius 1 is 1.16 bits per heavy atom. The molecule has 0 aromatic carbocycles. The molecule has 0 saturated heterocycles. The molecule has 0 bridgehead atoms. The van der Waals surface area contributed by atoms with Crippen LogP contribution >= 0.6 is 0 Å². The zero-order valence-corrected chi connectivity index (χ0v) is 10.9. The van der Waals surface area contributed by atoms with E-state index in [2.05, 4.69) is 13.2 Å². The van der Waals surface area contributed by atoms with Gasteiger partial charge in [0.2, 0.25) is 0 Å². The molecular formula is C12H18O7. The van der Waals surface area contributed by atoms with Gasteiger partial charge in [-0.1, -0.05) is 18.7 Å². The Bertz CT molecular complexity index is 370. The van der Waals surface area contributed by atoms with Crippen molar-refractivity contribution in [2.24, 2.45) is 0 Å². The van der Waals surface area contributed by atoms with Crippen molar-refractivity contribution in [1.29, 1.82) is 0 Å². The average Bonchev–Trinajstić information content (AvgIpc) is 2.25. The van der Waals surface area contributed by atoms with Crippen molar-refractivity contribution in [3.05, 3.63) is 24.3 Å². The normalized spacial score (nSPS) is 10.6. The number of aliphatic carboxylic acids is 3. The maximum atomic E-state index is 10.2. The lowest BCUT2D eigenvalue weighted by Gasteiger charge is -2.06. The van der Waals surface area contributed by atoms with Gasteiger partial charge in [0.1, 0.15) is 0 Å². The molecule has 0 radical (unpaired) electrons. The van der Waals surface area contributed by atoms with Crippen LogP contribution in [0, 0.1) is 0 Å². The fourth-order valence-electron chi connectivity index (χ4n) is 0.597. The minimum absolute atomic E-state index is 0.303. The Morgan fingerprint density at radius 2 is 1.63 bits per heavy atom. The van der Waals surface area contributed by atoms with Crippen LogP contribution in [0.4, 0.5) is 0 Å². The third-order valence-electron chi connectivity index (χ3n) is 1.59. The van der Waals surface area contributed by atoms with E-state index in [0.29, 0.717) is 6.61 Å². The lowest BCUT2D eigenvalue weighted by Crippen LogP contribution is -2.20. The van der Waals surface area contributed by atoms with Crippen molar-refractivity contribution in [2.45, 2.75) is 26.4 Å². The first-order valence-electron chi connectivity index (χ1n) is 5.19. The zero-order valence-electron chi connectivity index (χ0n) is 10.9. The third kappa shape index (κ3) is 13.8. The molecule has 0 heterocycles. The van der Waals surface area contributed by atoms with E-state index < -0.39 is 30.4 Å². The molecule has 7 nitrogen and oxygen atoms in total. The first kappa shape index (κ1) is 19.2. The predicted molar refractivity (Wildman–Crippen MR) is 66.9 cm³/mol. The summed E-state index contributed by atoms with van der Waals surface area (Å²) in [5.41, 5.74) is 0.524. The molecule has 3 N–H and O–H groups in total. The number of ether oxygens (including phenoxy) is 1. The molecular weight excluding hydrogens is 256 g/mol. The number of carbonyl (C=O) groups is 3. The SMILES string of the molecule is C=C(C)COC(C)C(=O)O.C=C(CC(=O)O)C(=O)O. The van der Waals surface area contributed by atoms with Crippen molar-refractivity contribution < 1.29 is 34.4 Å². The summed E-state index contributed by atoms with van der Waals surface area (Å²) in [4.78, 5) is 29.8. The van der Waals surface area contributed by atoms with Crippen LogP contribution in [0.3, 0.4) is 0 Å². The lowest BCUT2D eigenvalue weighted by molar-refractivity contribution is -0.148. The number of carboxylic acids is 3. The van der Waals surface area contributed by atoms with Gasteiger partial charge in [0.25, 0.3) is 0 Å². The molecule has 0 spiro atoms. The maximum absolute atomic E-state index is 10.2. The Hall–Kier alpha value is -2.15. The monoisotopic (exact) mass is 274 g/mol. The zero-order chi connectivity index (χ0) is 15.6. The lowest BCUT2D eigenvalue weighted by atomic mass is 10.2. The summed E-state index contributed by atoms with van der Waals surface area (Å²) in [6.07, 6.45) is -1.24. The number of rotatable bonds is 7. The molecule has 7 heteroatoms. The van der Waals surface area contributed by atoms with E-state index in [9.17, 15) is 14.4 Å². The number of carboxylic acid groups (broad SMARTS) is 3. The summed E-state index contributed by atoms with van der Waals surface area (Å²) in [5, 5.41) is 24.4. The minimum Gasteiger partial charge on any atom is -0.481 e. The molecule has 1 atom stereocenters. The summed E-state index contributed by atoms with van der Waals surface area (Å²) < 4.78 is 4.87. The third-order valence-corrected chi connectivity index (χ3v) is 1.59. The van der Waals surface area contributed by atoms with Crippen LogP contribution in [0.1, 0.15) is 20.3 Å². The summed E-state index contributed by atoms with van der Waals surface area (Å²) >= 11 is 0. The topological polar surface area (TPSA) is 121 Å². The van der Waals surface area contributed by atoms with Gasteiger partial charge in [-0.15, -0.1) is 0 Å². The van der Waals surface area contributed by atoms with E-state index in [0.717, 1.165) is 5.57 Å². The number of hydrogen-bond acceptors (Lipinski definition) is 4. The highest BCUT2D eigenvalue weighted by atomic mass is 16.5. The van der Waals surface area contributed by atoms with Crippen LogP contribution in [0.15, 0.2) is 24.3 Å². The Kier molecular flexibility index (Phi) is 9.94. The molecule has 0 aromatic heterocycles. The van der Waals surface area contributed by atoms with Crippen LogP contribution < -0.4 is 0 Å². The molecule has 0 aliphatic carbocycles. The van der Waals surface area contributed by atoms with Gasteiger partial charge >= 0.3 is 17.9 Å². The van der Waals surface area contributed by atoms with Crippen LogP contribution in [0.25, 0.3) is 0 Å². The van der Waals surface area contributed by atoms with E-state index in [1.807, 2.05) is 0 Å². The highest BCUT2D eigenvalue weighted by Gasteiger charge is 2.09. The highest BCUT2D eigenvalue weighted by Crippen LogP contribution is 1.96. The smallest absolute Gasteiger partial charge is 0.332 e. The van der Waals surface area contributed by atoms with Crippen LogP contribution in [-0.4, -0.2) is 45.9 Å². The summed E-state index contributed by atoms with van der Waals surface area (Å²) in [6.45, 7) is 10.2. The molecule has 108 valence electrons. The van der Waals surface area contributed by atoms with Gasteiger partial charge in [-0.2, -0.15) is 0 Å². The molecule has 0 fully saturated rings. The largest absolute Gasteiger partial charge is 0.481 e. The maximum Gasteiger partial charge on any atom is 0.332 e. The second-order valence-corrected chi connectivity index (χ2v) is 3.73. The van der Waals surface area contributed by atoms with E-state index in [1.54, 1.807) is 6.92 Å². The average molecular weight is 274 g/mol. The van der Waals surface area contributed by atoms with Gasteiger partial charge in [0.05, 0.1) is 13.0 Å². The van der Waals surface area contributed by atoms with E-state index in [-0.39, 0.29) is 5.57 Å². The van der Waals surface area contributed by atoms with Crippen molar-refractivity contribution in [3.63, 3.8) is 0 Å². The molecule has 0 rings (SSSR count). The van der Waals surface area contributed by atoms with Crippen molar-refractivity contribution >= 4 is 17.9 Å². The van der Waals surface area contributed by atoms with Gasteiger partial charge < -0.3 is 20.1 Å². The quantitative estimate of drug-likeness (QED) is 0.470. The molecule has 1 unspecified atom stereocenters. The number of hydrogen-bond donors (Lipinski definition) is 3. The molecule has 0 amide bonds. The predicted octanol–water partition coefficient (Wildman–Crippen LogP) is 1.15. The van der Waals surface area contributed by atoms with E-state index >= 15 is 0 Å². The van der Waals surface area contributed by atoms with Gasteiger partial charge in [0.15, 0.2) is 6.10 Å². The first-order chi connectivity index (χ1) is 8.57. The molecule has 0 aromatic rings. The van der Waals surface area contributed by atoms with E-state index in [4.69, 9.17) is 20.1 Å². The summed E-state index contributed by atoms with van der Waals surface area (Å²) in [7, 11) is 0. The van der Waals surface area contributed by atoms with Crippen molar-refractivity contribution in [1.82, 2.24) is 0 Å². The fraction of sp³-hybridized carbons (Fsp3) is 0.417. The molecule has 0 aliphatic rings. The van der Waals surface area contributed by atoms with Crippen LogP contribution in [0.2, 0.25) is 0 Å².